The van der Waals surface area contributed by atoms with Crippen LogP contribution in [0.4, 0.5) is 0 Å². The van der Waals surface area contributed by atoms with E-state index in [0.717, 1.165) is 38.1 Å². The zero-order chi connectivity index (χ0) is 15.5. The standard InChI is InChI=1S/C16H31N3O2/c1-17-16(15(20)21)8-4-5-14(11-16)19(3)12-13-6-9-18(2)10-7-13/h13-14,17H,4-12H2,1-3H3,(H,20,21). The van der Waals surface area contributed by atoms with E-state index in [-0.39, 0.29) is 0 Å². The van der Waals surface area contributed by atoms with E-state index in [1.54, 1.807) is 7.05 Å². The van der Waals surface area contributed by atoms with Crippen LogP contribution in [0.15, 0.2) is 0 Å². The van der Waals surface area contributed by atoms with Crippen molar-refractivity contribution in [2.75, 3.05) is 40.8 Å². The first kappa shape index (κ1) is 16.7. The number of nitrogens with zero attached hydrogens (tertiary/aromatic N) is 2. The Labute approximate surface area is 128 Å². The normalized spacial score (nSPS) is 32.5. The van der Waals surface area contributed by atoms with Crippen molar-refractivity contribution in [2.45, 2.75) is 50.1 Å². The van der Waals surface area contributed by atoms with Gasteiger partial charge in [-0.3, -0.25) is 4.79 Å². The maximum atomic E-state index is 11.6. The summed E-state index contributed by atoms with van der Waals surface area (Å²) in [6.07, 6.45) is 6.13. The molecule has 1 saturated heterocycles. The second-order valence-corrected chi connectivity index (χ2v) is 7.07. The summed E-state index contributed by atoms with van der Waals surface area (Å²) in [5.41, 5.74) is -0.718. The van der Waals surface area contributed by atoms with Crippen LogP contribution in [-0.2, 0) is 4.79 Å². The number of hydrogen-bond donors (Lipinski definition) is 2. The lowest BCUT2D eigenvalue weighted by molar-refractivity contribution is -0.147. The fourth-order valence-electron chi connectivity index (χ4n) is 3.95. The molecule has 0 aromatic carbocycles. The van der Waals surface area contributed by atoms with Gasteiger partial charge in [0, 0.05) is 12.6 Å². The molecule has 1 saturated carbocycles. The third kappa shape index (κ3) is 3.96. The van der Waals surface area contributed by atoms with E-state index in [1.807, 2.05) is 0 Å². The van der Waals surface area contributed by atoms with E-state index in [0.29, 0.717) is 6.04 Å². The van der Waals surface area contributed by atoms with Gasteiger partial charge in [0.2, 0.25) is 0 Å². The number of carboxylic acid groups (broad SMARTS) is 1. The molecule has 2 aliphatic rings. The Morgan fingerprint density at radius 3 is 2.62 bits per heavy atom. The number of piperidine rings is 1. The van der Waals surface area contributed by atoms with Crippen molar-refractivity contribution in [1.29, 1.82) is 0 Å². The second kappa shape index (κ2) is 7.07. The van der Waals surface area contributed by atoms with Gasteiger partial charge in [-0.2, -0.15) is 0 Å². The summed E-state index contributed by atoms with van der Waals surface area (Å²) in [5.74, 6) is 0.0735. The van der Waals surface area contributed by atoms with Crippen LogP contribution in [-0.4, -0.2) is 73.2 Å². The third-order valence-electron chi connectivity index (χ3n) is 5.62. The van der Waals surface area contributed by atoms with Crippen molar-refractivity contribution in [3.8, 4) is 0 Å². The number of hydrogen-bond acceptors (Lipinski definition) is 4. The van der Waals surface area contributed by atoms with Crippen molar-refractivity contribution in [3.63, 3.8) is 0 Å². The van der Waals surface area contributed by atoms with Crippen LogP contribution < -0.4 is 5.32 Å². The quantitative estimate of drug-likeness (QED) is 0.800. The summed E-state index contributed by atoms with van der Waals surface area (Å²) in [7, 11) is 6.15. The zero-order valence-corrected chi connectivity index (χ0v) is 13.8. The molecule has 0 aromatic heterocycles. The average Bonchev–Trinajstić information content (AvgIpc) is 2.49. The number of aliphatic carboxylic acids is 1. The number of carboxylic acids is 1. The summed E-state index contributed by atoms with van der Waals surface area (Å²) >= 11 is 0. The van der Waals surface area contributed by atoms with E-state index in [4.69, 9.17) is 0 Å². The Balaban J connectivity index is 1.90. The highest BCUT2D eigenvalue weighted by molar-refractivity contribution is 5.79. The summed E-state index contributed by atoms with van der Waals surface area (Å²) < 4.78 is 0. The van der Waals surface area contributed by atoms with Crippen molar-refractivity contribution in [3.05, 3.63) is 0 Å². The Kier molecular flexibility index (Phi) is 5.63. The Morgan fingerprint density at radius 2 is 2.05 bits per heavy atom. The highest BCUT2D eigenvalue weighted by atomic mass is 16.4. The van der Waals surface area contributed by atoms with Gasteiger partial charge in [-0.1, -0.05) is 0 Å². The molecule has 0 bridgehead atoms. The maximum Gasteiger partial charge on any atom is 0.323 e. The molecule has 1 aliphatic heterocycles. The predicted octanol–water partition coefficient (Wildman–Crippen LogP) is 1.25. The summed E-state index contributed by atoms with van der Waals surface area (Å²) in [4.78, 5) is 16.4. The Morgan fingerprint density at radius 1 is 1.38 bits per heavy atom. The molecule has 2 fully saturated rings. The molecule has 5 heteroatoms. The molecule has 1 heterocycles. The first-order valence-electron chi connectivity index (χ1n) is 8.28. The summed E-state index contributed by atoms with van der Waals surface area (Å²) in [5, 5.41) is 12.6. The molecule has 2 rings (SSSR count). The first-order chi connectivity index (χ1) is 9.97. The molecule has 2 unspecified atom stereocenters. The minimum Gasteiger partial charge on any atom is -0.480 e. The lowest BCUT2D eigenvalue weighted by atomic mass is 9.78. The number of nitrogens with one attached hydrogen (secondary N) is 1. The number of likely N-dealkylation sites (tertiary alicyclic amines) is 1. The van der Waals surface area contributed by atoms with E-state index < -0.39 is 11.5 Å². The minimum absolute atomic E-state index is 0.391. The predicted molar refractivity (Wildman–Crippen MR) is 84.5 cm³/mol. The van der Waals surface area contributed by atoms with Crippen LogP contribution in [0.2, 0.25) is 0 Å². The van der Waals surface area contributed by atoms with Crippen molar-refractivity contribution in [1.82, 2.24) is 15.1 Å². The molecule has 2 N–H and O–H groups in total. The fraction of sp³-hybridized carbons (Fsp3) is 0.938. The number of rotatable bonds is 5. The smallest absolute Gasteiger partial charge is 0.323 e. The fourth-order valence-corrected chi connectivity index (χ4v) is 3.95. The average molecular weight is 297 g/mol. The molecule has 0 radical (unpaired) electrons. The van der Waals surface area contributed by atoms with Gasteiger partial charge in [-0.15, -0.1) is 0 Å². The van der Waals surface area contributed by atoms with E-state index in [9.17, 15) is 9.90 Å². The summed E-state index contributed by atoms with van der Waals surface area (Å²) in [6.45, 7) is 3.50. The highest BCUT2D eigenvalue weighted by Gasteiger charge is 2.42. The topological polar surface area (TPSA) is 55.8 Å². The molecular weight excluding hydrogens is 266 g/mol. The van der Waals surface area contributed by atoms with Crippen LogP contribution in [0.25, 0.3) is 0 Å². The highest BCUT2D eigenvalue weighted by Crippen LogP contribution is 2.32. The van der Waals surface area contributed by atoms with Gasteiger partial charge in [0.15, 0.2) is 0 Å². The molecular formula is C16H31N3O2. The molecule has 2 atom stereocenters. The van der Waals surface area contributed by atoms with Crippen LogP contribution in [0.5, 0.6) is 0 Å². The van der Waals surface area contributed by atoms with Gasteiger partial charge in [0.25, 0.3) is 0 Å². The Bertz CT molecular complexity index is 355. The van der Waals surface area contributed by atoms with Gasteiger partial charge >= 0.3 is 5.97 Å². The van der Waals surface area contributed by atoms with Crippen LogP contribution in [0, 0.1) is 5.92 Å². The molecule has 21 heavy (non-hydrogen) atoms. The monoisotopic (exact) mass is 297 g/mol. The first-order valence-corrected chi connectivity index (χ1v) is 8.28. The van der Waals surface area contributed by atoms with Crippen molar-refractivity contribution < 1.29 is 9.90 Å². The third-order valence-corrected chi connectivity index (χ3v) is 5.62. The molecule has 0 spiro atoms. The molecule has 122 valence electrons. The lowest BCUT2D eigenvalue weighted by Gasteiger charge is -2.42. The molecule has 0 aromatic rings. The SMILES string of the molecule is CNC1(C(=O)O)CCCC(N(C)CC2CCN(C)CC2)C1. The van der Waals surface area contributed by atoms with Gasteiger partial charge in [-0.25, -0.2) is 0 Å². The Hall–Kier alpha value is -0.650. The summed E-state index contributed by atoms with van der Waals surface area (Å²) in [6, 6.07) is 0.391. The second-order valence-electron chi connectivity index (χ2n) is 7.07. The number of likely N-dealkylation sites (N-methyl/N-ethyl adjacent to an activating group) is 1. The number of carbonyl (C=O) groups is 1. The maximum absolute atomic E-state index is 11.6. The van der Waals surface area contributed by atoms with E-state index in [1.165, 1.54) is 25.9 Å². The molecule has 1 aliphatic carbocycles. The van der Waals surface area contributed by atoms with E-state index in [2.05, 4.69) is 29.2 Å². The van der Waals surface area contributed by atoms with Crippen LogP contribution in [0.3, 0.4) is 0 Å². The van der Waals surface area contributed by atoms with Gasteiger partial charge in [0.05, 0.1) is 0 Å². The van der Waals surface area contributed by atoms with Gasteiger partial charge < -0.3 is 20.2 Å². The largest absolute Gasteiger partial charge is 0.480 e. The molecule has 5 nitrogen and oxygen atoms in total. The van der Waals surface area contributed by atoms with Gasteiger partial charge in [0.1, 0.15) is 5.54 Å². The van der Waals surface area contributed by atoms with E-state index >= 15 is 0 Å². The van der Waals surface area contributed by atoms with Crippen LogP contribution in [0.1, 0.15) is 38.5 Å². The lowest BCUT2D eigenvalue weighted by Crippen LogP contribution is -2.57. The van der Waals surface area contributed by atoms with Crippen molar-refractivity contribution >= 4 is 5.97 Å². The van der Waals surface area contributed by atoms with Gasteiger partial charge in [-0.05, 0) is 78.7 Å². The zero-order valence-electron chi connectivity index (χ0n) is 13.8. The van der Waals surface area contributed by atoms with Crippen LogP contribution >= 0.6 is 0 Å². The van der Waals surface area contributed by atoms with Crippen molar-refractivity contribution in [2.24, 2.45) is 5.92 Å². The minimum atomic E-state index is -0.718. The molecule has 0 amide bonds.